The lowest BCUT2D eigenvalue weighted by atomic mass is 9.97. The van der Waals surface area contributed by atoms with Gasteiger partial charge in [-0.3, -0.25) is 4.79 Å². The standard InChI is InChI=1S/C27H25NO4S.C2H6/c1-3-6-24(18(4-2)12-25(29)30)32-15-20-16-33-27-23(20)13-22(21-9-10-31-26(21)27)19-8-5-7-17(11-19)14-28;1-2/h3-11,13,16H,2,12,14-15,28H2,1H3,(H,29,30);1-2H3/b6-3-,24-18-;. The molecule has 0 saturated heterocycles. The van der Waals surface area contributed by atoms with Crippen molar-refractivity contribution in [3.8, 4) is 11.1 Å². The maximum atomic E-state index is 11.2. The zero-order valence-electron chi connectivity index (χ0n) is 20.3. The summed E-state index contributed by atoms with van der Waals surface area (Å²) in [6.45, 7) is 10.4. The van der Waals surface area contributed by atoms with Crippen LogP contribution in [-0.4, -0.2) is 11.1 Å². The Morgan fingerprint density at radius 1 is 1.23 bits per heavy atom. The average Bonchev–Trinajstić information content (AvgIpc) is 3.53. The lowest BCUT2D eigenvalue weighted by Gasteiger charge is -2.11. The van der Waals surface area contributed by atoms with E-state index in [1.165, 1.54) is 6.08 Å². The Morgan fingerprint density at radius 3 is 2.71 bits per heavy atom. The number of fused-ring (bicyclic) bond motifs is 3. The molecule has 2 heterocycles. The van der Waals surface area contributed by atoms with Gasteiger partial charge in [-0.15, -0.1) is 11.3 Å². The van der Waals surface area contributed by atoms with Gasteiger partial charge in [0.05, 0.1) is 17.4 Å². The minimum Gasteiger partial charge on any atom is -0.489 e. The quantitative estimate of drug-likeness (QED) is 0.185. The topological polar surface area (TPSA) is 85.7 Å². The third kappa shape index (κ3) is 5.73. The van der Waals surface area contributed by atoms with E-state index >= 15 is 0 Å². The number of carbonyl (C=O) groups is 1. The van der Waals surface area contributed by atoms with E-state index in [1.807, 2.05) is 45.0 Å². The van der Waals surface area contributed by atoms with Crippen molar-refractivity contribution >= 4 is 38.4 Å². The second kappa shape index (κ2) is 12.2. The molecule has 35 heavy (non-hydrogen) atoms. The third-order valence-electron chi connectivity index (χ3n) is 5.44. The van der Waals surface area contributed by atoms with Crippen molar-refractivity contribution in [2.24, 2.45) is 5.73 Å². The molecular formula is C29H31NO4S. The molecule has 0 amide bonds. The number of hydrogen-bond acceptors (Lipinski definition) is 5. The van der Waals surface area contributed by atoms with Crippen LogP contribution in [0.2, 0.25) is 0 Å². The molecule has 6 heteroatoms. The van der Waals surface area contributed by atoms with Crippen LogP contribution < -0.4 is 5.73 Å². The first-order valence-corrected chi connectivity index (χ1v) is 12.5. The average molecular weight is 490 g/mol. The molecule has 0 aliphatic carbocycles. The van der Waals surface area contributed by atoms with Gasteiger partial charge < -0.3 is 20.0 Å². The fourth-order valence-corrected chi connectivity index (χ4v) is 4.89. The molecule has 4 aromatic rings. The van der Waals surface area contributed by atoms with Gasteiger partial charge in [0.2, 0.25) is 0 Å². The molecule has 0 aliphatic rings. The SMILES string of the molecule is C=C/C(CC(=O)O)=C(\C=C/C)OCc1csc2c1cc(-c1cccc(CN)c1)c1ccoc12.CC. The van der Waals surface area contributed by atoms with Crippen molar-refractivity contribution in [3.05, 3.63) is 95.3 Å². The number of furan rings is 1. The lowest BCUT2D eigenvalue weighted by Crippen LogP contribution is -2.01. The van der Waals surface area contributed by atoms with Gasteiger partial charge >= 0.3 is 5.97 Å². The summed E-state index contributed by atoms with van der Waals surface area (Å²) in [5.74, 6) is -0.426. The Kier molecular flexibility index (Phi) is 9.06. The molecule has 5 nitrogen and oxygen atoms in total. The maximum absolute atomic E-state index is 11.2. The van der Waals surface area contributed by atoms with Crippen LogP contribution in [0.15, 0.2) is 88.6 Å². The van der Waals surface area contributed by atoms with Crippen LogP contribution in [0.5, 0.6) is 0 Å². The van der Waals surface area contributed by atoms with Gasteiger partial charge in [0.1, 0.15) is 12.4 Å². The van der Waals surface area contributed by atoms with Crippen LogP contribution in [0.3, 0.4) is 0 Å². The molecule has 0 fully saturated rings. The van der Waals surface area contributed by atoms with Gasteiger partial charge in [-0.25, -0.2) is 0 Å². The largest absolute Gasteiger partial charge is 0.489 e. The van der Waals surface area contributed by atoms with E-state index in [-0.39, 0.29) is 6.42 Å². The summed E-state index contributed by atoms with van der Waals surface area (Å²) in [7, 11) is 0. The zero-order chi connectivity index (χ0) is 25.4. The van der Waals surface area contributed by atoms with E-state index in [0.29, 0.717) is 24.5 Å². The number of thiophene rings is 1. The number of allylic oxidation sites excluding steroid dienone is 3. The molecule has 0 atom stereocenters. The van der Waals surface area contributed by atoms with E-state index in [2.05, 4.69) is 30.2 Å². The molecular weight excluding hydrogens is 458 g/mol. The Bertz CT molecular complexity index is 1390. The van der Waals surface area contributed by atoms with Crippen LogP contribution in [-0.2, 0) is 22.7 Å². The fraction of sp³-hybridized carbons (Fsp3) is 0.207. The van der Waals surface area contributed by atoms with Gasteiger partial charge in [0, 0.05) is 28.5 Å². The number of carboxylic acids is 1. The number of nitrogens with two attached hydrogens (primary N) is 1. The van der Waals surface area contributed by atoms with Crippen molar-refractivity contribution in [2.45, 2.75) is 40.3 Å². The summed E-state index contributed by atoms with van der Waals surface area (Å²) in [6.07, 6.45) is 6.68. The molecule has 0 aliphatic heterocycles. The molecule has 182 valence electrons. The second-order valence-corrected chi connectivity index (χ2v) is 8.46. The first kappa shape index (κ1) is 26.0. The summed E-state index contributed by atoms with van der Waals surface area (Å²) in [6, 6.07) is 12.4. The first-order chi connectivity index (χ1) is 17.0. The highest BCUT2D eigenvalue weighted by atomic mass is 32.1. The molecule has 0 bridgehead atoms. The minimum atomic E-state index is -0.930. The van der Waals surface area contributed by atoms with Crippen molar-refractivity contribution in [1.82, 2.24) is 0 Å². The highest BCUT2D eigenvalue weighted by molar-refractivity contribution is 7.18. The van der Waals surface area contributed by atoms with Crippen molar-refractivity contribution in [1.29, 1.82) is 0 Å². The van der Waals surface area contributed by atoms with Gasteiger partial charge in [0.25, 0.3) is 0 Å². The number of rotatable bonds is 9. The number of benzene rings is 2. The Balaban J connectivity index is 0.00000167. The van der Waals surface area contributed by atoms with Crippen molar-refractivity contribution in [3.63, 3.8) is 0 Å². The normalized spacial score (nSPS) is 11.9. The van der Waals surface area contributed by atoms with E-state index in [1.54, 1.807) is 23.7 Å². The maximum Gasteiger partial charge on any atom is 0.307 e. The summed E-state index contributed by atoms with van der Waals surface area (Å²) >= 11 is 1.61. The highest BCUT2D eigenvalue weighted by Gasteiger charge is 2.16. The molecule has 4 rings (SSSR count). The summed E-state index contributed by atoms with van der Waals surface area (Å²) in [4.78, 5) is 11.2. The number of ether oxygens (including phenoxy) is 1. The van der Waals surface area contributed by atoms with Crippen LogP contribution >= 0.6 is 11.3 Å². The molecule has 2 aromatic heterocycles. The monoisotopic (exact) mass is 489 g/mol. The fourth-order valence-electron chi connectivity index (χ4n) is 3.85. The Labute approximate surface area is 209 Å². The number of carboxylic acid groups (broad SMARTS) is 1. The first-order valence-electron chi connectivity index (χ1n) is 11.6. The molecule has 2 aromatic carbocycles. The zero-order valence-corrected chi connectivity index (χ0v) is 21.2. The van der Waals surface area contributed by atoms with Crippen LogP contribution in [0.1, 0.15) is 38.3 Å². The van der Waals surface area contributed by atoms with Crippen molar-refractivity contribution in [2.75, 3.05) is 0 Å². The predicted octanol–water partition coefficient (Wildman–Crippen LogP) is 7.81. The highest BCUT2D eigenvalue weighted by Crippen LogP contribution is 2.40. The van der Waals surface area contributed by atoms with E-state index < -0.39 is 5.97 Å². The third-order valence-corrected chi connectivity index (χ3v) is 6.48. The second-order valence-electron chi connectivity index (χ2n) is 7.58. The number of aliphatic carboxylic acids is 1. The van der Waals surface area contributed by atoms with Gasteiger partial charge in [0.15, 0.2) is 5.58 Å². The molecule has 0 spiro atoms. The summed E-state index contributed by atoms with van der Waals surface area (Å²) in [5, 5.41) is 13.4. The van der Waals surface area contributed by atoms with Crippen LogP contribution in [0, 0.1) is 0 Å². The molecule has 0 radical (unpaired) electrons. The van der Waals surface area contributed by atoms with Crippen LogP contribution in [0.25, 0.3) is 32.2 Å². The van der Waals surface area contributed by atoms with Crippen LogP contribution in [0.4, 0.5) is 0 Å². The molecule has 0 unspecified atom stereocenters. The van der Waals surface area contributed by atoms with Gasteiger partial charge in [-0.1, -0.05) is 50.8 Å². The Hall–Kier alpha value is -3.61. The number of hydrogen-bond donors (Lipinski definition) is 2. The van der Waals surface area contributed by atoms with Gasteiger partial charge in [-0.05, 0) is 53.3 Å². The molecule has 0 saturated carbocycles. The summed E-state index contributed by atoms with van der Waals surface area (Å²) in [5.41, 5.74) is 11.5. The van der Waals surface area contributed by atoms with E-state index in [9.17, 15) is 9.90 Å². The van der Waals surface area contributed by atoms with E-state index in [0.717, 1.165) is 43.3 Å². The van der Waals surface area contributed by atoms with Gasteiger partial charge in [-0.2, -0.15) is 0 Å². The predicted molar refractivity (Wildman–Crippen MR) is 145 cm³/mol. The van der Waals surface area contributed by atoms with Crippen molar-refractivity contribution < 1.29 is 19.1 Å². The molecule has 3 N–H and O–H groups in total. The summed E-state index contributed by atoms with van der Waals surface area (Å²) < 4.78 is 13.0. The lowest BCUT2D eigenvalue weighted by molar-refractivity contribution is -0.136. The minimum absolute atomic E-state index is 0.151. The van der Waals surface area contributed by atoms with E-state index in [4.69, 9.17) is 14.9 Å². The smallest absolute Gasteiger partial charge is 0.307 e. The Morgan fingerprint density at radius 2 is 2.03 bits per heavy atom.